The number of hydrogen-bond acceptors (Lipinski definition) is 3. The normalized spacial score (nSPS) is 10.9. The van der Waals surface area contributed by atoms with E-state index >= 15 is 0 Å². The molecule has 0 fully saturated rings. The molecule has 3 rings (SSSR count). The summed E-state index contributed by atoms with van der Waals surface area (Å²) in [5.41, 5.74) is 1.11. The summed E-state index contributed by atoms with van der Waals surface area (Å²) in [5.74, 6) is 0.0668. The maximum atomic E-state index is 13.6. The summed E-state index contributed by atoms with van der Waals surface area (Å²) in [4.78, 5) is 8.39. The van der Waals surface area contributed by atoms with E-state index in [0.29, 0.717) is 11.2 Å². The van der Waals surface area contributed by atoms with Gasteiger partial charge in [-0.1, -0.05) is 17.7 Å². The first-order valence-electron chi connectivity index (χ1n) is 4.90. The Morgan fingerprint density at radius 1 is 1.18 bits per heavy atom. The summed E-state index contributed by atoms with van der Waals surface area (Å²) in [5, 5.41) is 4.62. The van der Waals surface area contributed by atoms with Gasteiger partial charge in [-0.2, -0.15) is 11.3 Å². The van der Waals surface area contributed by atoms with Gasteiger partial charge in [0.15, 0.2) is 5.82 Å². The van der Waals surface area contributed by atoms with Crippen molar-refractivity contribution in [3.05, 3.63) is 46.0 Å². The lowest BCUT2D eigenvalue weighted by atomic mass is 10.2. The van der Waals surface area contributed by atoms with Crippen LogP contribution in [0.4, 0.5) is 4.39 Å². The van der Waals surface area contributed by atoms with Crippen molar-refractivity contribution in [2.24, 2.45) is 0 Å². The molecule has 0 radical (unpaired) electrons. The minimum Gasteiger partial charge on any atom is -0.225 e. The highest BCUT2D eigenvalue weighted by Crippen LogP contribution is 2.27. The van der Waals surface area contributed by atoms with Crippen LogP contribution in [0.2, 0.25) is 5.15 Å². The van der Waals surface area contributed by atoms with Gasteiger partial charge in [0.2, 0.25) is 0 Å². The molecule has 0 saturated heterocycles. The zero-order valence-electron chi connectivity index (χ0n) is 8.52. The Balaban J connectivity index is 2.34. The van der Waals surface area contributed by atoms with Crippen molar-refractivity contribution in [1.82, 2.24) is 9.97 Å². The third-order valence-electron chi connectivity index (χ3n) is 2.41. The van der Waals surface area contributed by atoms with E-state index in [2.05, 4.69) is 9.97 Å². The fourth-order valence-electron chi connectivity index (χ4n) is 1.60. The molecule has 1 aromatic carbocycles. The molecule has 0 saturated carbocycles. The molecule has 84 valence electrons. The van der Waals surface area contributed by atoms with Crippen LogP contribution >= 0.6 is 22.9 Å². The number of benzene rings is 1. The fourth-order valence-corrected chi connectivity index (χ4v) is 2.47. The third-order valence-corrected chi connectivity index (χ3v) is 3.38. The quantitative estimate of drug-likeness (QED) is 0.617. The van der Waals surface area contributed by atoms with Crippen molar-refractivity contribution in [1.29, 1.82) is 0 Å². The van der Waals surface area contributed by atoms with Gasteiger partial charge < -0.3 is 0 Å². The van der Waals surface area contributed by atoms with E-state index in [1.54, 1.807) is 12.1 Å². The van der Waals surface area contributed by atoms with E-state index in [-0.39, 0.29) is 16.5 Å². The second-order valence-corrected chi connectivity index (χ2v) is 4.62. The Morgan fingerprint density at radius 2 is 2.06 bits per heavy atom. The minimum atomic E-state index is -0.386. The number of thiophene rings is 1. The fraction of sp³-hybridized carbons (Fsp3) is 0. The van der Waals surface area contributed by atoms with Gasteiger partial charge in [-0.25, -0.2) is 14.4 Å². The van der Waals surface area contributed by atoms with E-state index in [4.69, 9.17) is 11.6 Å². The molecule has 0 bridgehead atoms. The van der Waals surface area contributed by atoms with Crippen molar-refractivity contribution in [3.63, 3.8) is 0 Å². The zero-order valence-corrected chi connectivity index (χ0v) is 10.1. The van der Waals surface area contributed by atoms with Crippen LogP contribution in [0.5, 0.6) is 0 Å². The number of para-hydroxylation sites is 1. The summed E-state index contributed by atoms with van der Waals surface area (Å²) in [7, 11) is 0. The average molecular weight is 265 g/mol. The van der Waals surface area contributed by atoms with E-state index in [9.17, 15) is 4.39 Å². The molecule has 0 spiro atoms. The van der Waals surface area contributed by atoms with Gasteiger partial charge >= 0.3 is 0 Å². The van der Waals surface area contributed by atoms with Gasteiger partial charge in [-0.15, -0.1) is 0 Å². The van der Waals surface area contributed by atoms with Gasteiger partial charge in [0.25, 0.3) is 0 Å². The maximum Gasteiger partial charge on any atom is 0.162 e. The molecule has 0 unspecified atom stereocenters. The highest BCUT2D eigenvalue weighted by atomic mass is 35.5. The van der Waals surface area contributed by atoms with Crippen molar-refractivity contribution in [2.45, 2.75) is 0 Å². The van der Waals surface area contributed by atoms with Crippen molar-refractivity contribution in [3.8, 4) is 11.4 Å². The van der Waals surface area contributed by atoms with Gasteiger partial charge in [0, 0.05) is 16.3 Å². The maximum absolute atomic E-state index is 13.6. The standard InChI is InChI=1S/C12H6ClFN2S/c13-11-8-2-1-3-9(14)10(8)15-12(16-11)7-4-5-17-6-7/h1-6H. The van der Waals surface area contributed by atoms with E-state index in [1.165, 1.54) is 17.4 Å². The van der Waals surface area contributed by atoms with Gasteiger partial charge in [-0.3, -0.25) is 0 Å². The molecule has 0 amide bonds. The van der Waals surface area contributed by atoms with Crippen LogP contribution in [-0.2, 0) is 0 Å². The number of rotatable bonds is 1. The van der Waals surface area contributed by atoms with Crippen LogP contribution in [0, 0.1) is 5.82 Å². The summed E-state index contributed by atoms with van der Waals surface area (Å²) >= 11 is 7.57. The number of nitrogens with zero attached hydrogens (tertiary/aromatic N) is 2. The largest absolute Gasteiger partial charge is 0.225 e. The lowest BCUT2D eigenvalue weighted by molar-refractivity contribution is 0.636. The van der Waals surface area contributed by atoms with Crippen LogP contribution in [0.1, 0.15) is 0 Å². The van der Waals surface area contributed by atoms with Gasteiger partial charge in [-0.05, 0) is 23.6 Å². The molecule has 2 nitrogen and oxygen atoms in total. The Bertz CT molecular complexity index is 682. The topological polar surface area (TPSA) is 25.8 Å². The monoisotopic (exact) mass is 264 g/mol. The number of halogens is 2. The van der Waals surface area contributed by atoms with Gasteiger partial charge in [0.05, 0.1) is 0 Å². The SMILES string of the molecule is Fc1cccc2c(Cl)nc(-c3ccsc3)nc12. The predicted molar refractivity (Wildman–Crippen MR) is 67.8 cm³/mol. The summed E-state index contributed by atoms with van der Waals surface area (Å²) < 4.78 is 13.6. The Hall–Kier alpha value is -1.52. The average Bonchev–Trinajstić information content (AvgIpc) is 2.84. The first-order chi connectivity index (χ1) is 8.25. The number of aromatic nitrogens is 2. The second-order valence-electron chi connectivity index (χ2n) is 3.49. The van der Waals surface area contributed by atoms with E-state index < -0.39 is 0 Å². The minimum absolute atomic E-state index is 0.258. The van der Waals surface area contributed by atoms with Crippen LogP contribution in [0.15, 0.2) is 35.0 Å². The third kappa shape index (κ3) is 1.79. The lowest BCUT2D eigenvalue weighted by Gasteiger charge is -2.03. The highest BCUT2D eigenvalue weighted by Gasteiger charge is 2.10. The van der Waals surface area contributed by atoms with E-state index in [1.807, 2.05) is 16.8 Å². The van der Waals surface area contributed by atoms with E-state index in [0.717, 1.165) is 5.56 Å². The van der Waals surface area contributed by atoms with Crippen molar-refractivity contribution < 1.29 is 4.39 Å². The number of hydrogen-bond donors (Lipinski definition) is 0. The summed E-state index contributed by atoms with van der Waals surface area (Å²) in [6.07, 6.45) is 0. The molecule has 0 N–H and O–H groups in total. The molecule has 2 heterocycles. The lowest BCUT2D eigenvalue weighted by Crippen LogP contribution is -1.92. The van der Waals surface area contributed by atoms with Crippen LogP contribution < -0.4 is 0 Å². The van der Waals surface area contributed by atoms with Crippen molar-refractivity contribution >= 4 is 33.8 Å². The Kier molecular flexibility index (Phi) is 2.53. The zero-order chi connectivity index (χ0) is 11.8. The highest BCUT2D eigenvalue weighted by molar-refractivity contribution is 7.08. The van der Waals surface area contributed by atoms with Crippen LogP contribution in [0.3, 0.4) is 0 Å². The first-order valence-corrected chi connectivity index (χ1v) is 6.22. The molecule has 3 aromatic rings. The molecule has 2 aromatic heterocycles. The molecule has 0 atom stereocenters. The number of fused-ring (bicyclic) bond motifs is 1. The molecule has 0 aliphatic rings. The van der Waals surface area contributed by atoms with Crippen molar-refractivity contribution in [2.75, 3.05) is 0 Å². The Morgan fingerprint density at radius 3 is 2.82 bits per heavy atom. The smallest absolute Gasteiger partial charge is 0.162 e. The predicted octanol–water partition coefficient (Wildman–Crippen LogP) is 4.15. The second kappa shape index (κ2) is 4.05. The van der Waals surface area contributed by atoms with Gasteiger partial charge in [0.1, 0.15) is 16.5 Å². The molecule has 5 heteroatoms. The first kappa shape index (κ1) is 10.6. The van der Waals surface area contributed by atoms with Crippen LogP contribution in [0.25, 0.3) is 22.3 Å². The molecule has 0 aliphatic heterocycles. The Labute approximate surface area is 106 Å². The van der Waals surface area contributed by atoms with Crippen LogP contribution in [-0.4, -0.2) is 9.97 Å². The molecule has 17 heavy (non-hydrogen) atoms. The summed E-state index contributed by atoms with van der Waals surface area (Å²) in [6.45, 7) is 0. The molecule has 0 aliphatic carbocycles. The molecular weight excluding hydrogens is 259 g/mol. The molecular formula is C12H6ClFN2S. The summed E-state index contributed by atoms with van der Waals surface area (Å²) in [6, 6.07) is 6.54.